The first-order valence-electron chi connectivity index (χ1n) is 10.0. The lowest BCUT2D eigenvalue weighted by Crippen LogP contribution is -2.11. The molecule has 0 saturated carbocycles. The van der Waals surface area contributed by atoms with Gasteiger partial charge in [0, 0.05) is 16.8 Å². The van der Waals surface area contributed by atoms with Crippen molar-refractivity contribution < 1.29 is 13.9 Å². The number of anilines is 1. The zero-order valence-corrected chi connectivity index (χ0v) is 17.3. The van der Waals surface area contributed by atoms with E-state index in [1.807, 2.05) is 30.3 Å². The predicted octanol–water partition coefficient (Wildman–Crippen LogP) is 6.27. The molecular weight excluding hydrogens is 376 g/mol. The number of benzene rings is 3. The smallest absolute Gasteiger partial charge is 0.255 e. The summed E-state index contributed by atoms with van der Waals surface area (Å²) in [6, 6.07) is 20.7. The van der Waals surface area contributed by atoms with E-state index < -0.39 is 0 Å². The van der Waals surface area contributed by atoms with E-state index in [4.69, 9.17) is 9.15 Å². The second-order valence-corrected chi connectivity index (χ2v) is 7.32. The van der Waals surface area contributed by atoms with E-state index in [0.29, 0.717) is 28.8 Å². The molecule has 0 saturated heterocycles. The minimum Gasteiger partial charge on any atom is -0.497 e. The Morgan fingerprint density at radius 1 is 1.10 bits per heavy atom. The average Bonchev–Trinajstić information content (AvgIpc) is 3.22. The highest BCUT2D eigenvalue weighted by Gasteiger charge is 2.12. The number of hydrogen-bond acceptors (Lipinski definition) is 4. The first-order chi connectivity index (χ1) is 14.6. The minimum absolute atomic E-state index is 0.193. The Labute approximate surface area is 175 Å². The summed E-state index contributed by atoms with van der Waals surface area (Å²) in [5, 5.41) is 2.90. The molecular formula is C25H24N2O3. The van der Waals surface area contributed by atoms with Gasteiger partial charge in [0.2, 0.25) is 5.89 Å². The van der Waals surface area contributed by atoms with Crippen molar-refractivity contribution in [2.24, 2.45) is 0 Å². The van der Waals surface area contributed by atoms with Crippen LogP contribution in [0.15, 0.2) is 71.1 Å². The van der Waals surface area contributed by atoms with E-state index in [-0.39, 0.29) is 5.91 Å². The van der Waals surface area contributed by atoms with Crippen LogP contribution in [0.3, 0.4) is 0 Å². The average molecular weight is 400 g/mol. The number of carbonyl (C=O) groups is 1. The van der Waals surface area contributed by atoms with E-state index in [1.54, 1.807) is 31.4 Å². The molecule has 1 amide bonds. The van der Waals surface area contributed by atoms with Gasteiger partial charge in [0.05, 0.1) is 7.11 Å². The van der Waals surface area contributed by atoms with Crippen LogP contribution < -0.4 is 10.1 Å². The molecule has 1 aromatic heterocycles. The fraction of sp³-hybridized carbons (Fsp3) is 0.200. The Balaban J connectivity index is 1.52. The van der Waals surface area contributed by atoms with Crippen LogP contribution in [0.2, 0.25) is 0 Å². The summed E-state index contributed by atoms with van der Waals surface area (Å²) in [5.74, 6) is 1.51. The first-order valence-corrected chi connectivity index (χ1v) is 10.0. The van der Waals surface area contributed by atoms with E-state index in [2.05, 4.69) is 36.3 Å². The molecule has 0 radical (unpaired) electrons. The molecule has 1 heterocycles. The topological polar surface area (TPSA) is 64.4 Å². The minimum atomic E-state index is -0.193. The van der Waals surface area contributed by atoms with Crippen molar-refractivity contribution in [3.05, 3.63) is 77.9 Å². The maximum absolute atomic E-state index is 12.5. The van der Waals surface area contributed by atoms with Gasteiger partial charge in [0.25, 0.3) is 5.91 Å². The molecule has 0 aliphatic rings. The van der Waals surface area contributed by atoms with Gasteiger partial charge in [0.1, 0.15) is 11.3 Å². The Bertz CT molecular complexity index is 1180. The second kappa shape index (κ2) is 8.41. The molecule has 0 spiro atoms. The van der Waals surface area contributed by atoms with Crippen molar-refractivity contribution in [3.8, 4) is 17.2 Å². The Morgan fingerprint density at radius 2 is 1.90 bits per heavy atom. The third-order valence-corrected chi connectivity index (χ3v) is 5.31. The van der Waals surface area contributed by atoms with Gasteiger partial charge < -0.3 is 14.5 Å². The quantitative estimate of drug-likeness (QED) is 0.414. The fourth-order valence-electron chi connectivity index (χ4n) is 3.27. The molecule has 5 nitrogen and oxygen atoms in total. The molecule has 3 aromatic carbocycles. The summed E-state index contributed by atoms with van der Waals surface area (Å²) in [5.41, 5.74) is 4.98. The van der Waals surface area contributed by atoms with Gasteiger partial charge in [-0.15, -0.1) is 0 Å². The number of nitrogens with zero attached hydrogens (tertiary/aromatic N) is 1. The number of methoxy groups -OCH3 is 1. The highest BCUT2D eigenvalue weighted by atomic mass is 16.5. The molecule has 0 aliphatic heterocycles. The number of rotatable bonds is 6. The van der Waals surface area contributed by atoms with Crippen LogP contribution in [0.5, 0.6) is 5.75 Å². The lowest BCUT2D eigenvalue weighted by Gasteiger charge is -2.07. The summed E-state index contributed by atoms with van der Waals surface area (Å²) in [6.45, 7) is 4.39. The second-order valence-electron chi connectivity index (χ2n) is 7.32. The van der Waals surface area contributed by atoms with Crippen LogP contribution >= 0.6 is 0 Å². The van der Waals surface area contributed by atoms with E-state index in [0.717, 1.165) is 23.1 Å². The van der Waals surface area contributed by atoms with Gasteiger partial charge in [-0.25, -0.2) is 4.98 Å². The monoisotopic (exact) mass is 400 g/mol. The van der Waals surface area contributed by atoms with Gasteiger partial charge in [0.15, 0.2) is 5.58 Å². The van der Waals surface area contributed by atoms with Crippen LogP contribution in [-0.2, 0) is 0 Å². The molecule has 0 bridgehead atoms. The number of amides is 1. The number of oxazole rings is 1. The van der Waals surface area contributed by atoms with Crippen LogP contribution in [-0.4, -0.2) is 18.0 Å². The highest BCUT2D eigenvalue weighted by molar-refractivity contribution is 6.04. The largest absolute Gasteiger partial charge is 0.497 e. The molecule has 0 unspecified atom stereocenters. The maximum atomic E-state index is 12.5. The van der Waals surface area contributed by atoms with Gasteiger partial charge >= 0.3 is 0 Å². The van der Waals surface area contributed by atoms with Gasteiger partial charge in [-0.3, -0.25) is 4.79 Å². The summed E-state index contributed by atoms with van der Waals surface area (Å²) in [4.78, 5) is 17.1. The number of fused-ring (bicyclic) bond motifs is 1. The van der Waals surface area contributed by atoms with Crippen molar-refractivity contribution in [2.45, 2.75) is 26.2 Å². The number of nitrogens with one attached hydrogen (secondary N) is 1. The molecule has 152 valence electrons. The summed E-state index contributed by atoms with van der Waals surface area (Å²) in [7, 11) is 1.58. The fourth-order valence-corrected chi connectivity index (χ4v) is 3.27. The third-order valence-electron chi connectivity index (χ3n) is 5.31. The van der Waals surface area contributed by atoms with E-state index in [9.17, 15) is 4.79 Å². The standard InChI is InChI=1S/C25H24N2O3/c1-4-16(2)18-10-13-23-22(15-18)27-25(30-23)17-8-11-20(12-9-17)26-24(28)19-6-5-7-21(14-19)29-3/h5-16H,4H2,1-3H3,(H,26,28)/t16-/m1/s1. The van der Waals surface area contributed by atoms with Gasteiger partial charge in [-0.05, 0) is 72.5 Å². The first kappa shape index (κ1) is 19.7. The normalized spacial score (nSPS) is 12.0. The Morgan fingerprint density at radius 3 is 2.63 bits per heavy atom. The van der Waals surface area contributed by atoms with Crippen LogP contribution in [0.1, 0.15) is 42.1 Å². The van der Waals surface area contributed by atoms with Crippen molar-refractivity contribution in [1.82, 2.24) is 4.98 Å². The van der Waals surface area contributed by atoms with Crippen molar-refractivity contribution in [1.29, 1.82) is 0 Å². The highest BCUT2D eigenvalue weighted by Crippen LogP contribution is 2.28. The summed E-state index contributed by atoms with van der Waals surface area (Å²) < 4.78 is 11.1. The van der Waals surface area contributed by atoms with Crippen molar-refractivity contribution >= 4 is 22.7 Å². The Hall–Kier alpha value is -3.60. The number of carbonyl (C=O) groups excluding carboxylic acids is 1. The molecule has 1 N–H and O–H groups in total. The van der Waals surface area contributed by atoms with Crippen molar-refractivity contribution in [3.63, 3.8) is 0 Å². The van der Waals surface area contributed by atoms with Crippen LogP contribution in [0, 0.1) is 0 Å². The molecule has 30 heavy (non-hydrogen) atoms. The van der Waals surface area contributed by atoms with E-state index in [1.165, 1.54) is 5.56 Å². The van der Waals surface area contributed by atoms with Gasteiger partial charge in [-0.2, -0.15) is 0 Å². The third kappa shape index (κ3) is 4.06. The lowest BCUT2D eigenvalue weighted by atomic mass is 9.98. The summed E-state index contributed by atoms with van der Waals surface area (Å²) >= 11 is 0. The molecule has 0 aliphatic carbocycles. The maximum Gasteiger partial charge on any atom is 0.255 e. The van der Waals surface area contributed by atoms with Crippen LogP contribution in [0.4, 0.5) is 5.69 Å². The van der Waals surface area contributed by atoms with E-state index >= 15 is 0 Å². The Kier molecular flexibility index (Phi) is 5.53. The predicted molar refractivity (Wildman–Crippen MR) is 119 cm³/mol. The SMILES string of the molecule is CC[C@@H](C)c1ccc2oc(-c3ccc(NC(=O)c4cccc(OC)c4)cc3)nc2c1. The molecule has 0 fully saturated rings. The number of hydrogen-bond donors (Lipinski definition) is 1. The van der Waals surface area contributed by atoms with Crippen molar-refractivity contribution in [2.75, 3.05) is 12.4 Å². The number of aromatic nitrogens is 1. The summed E-state index contributed by atoms with van der Waals surface area (Å²) in [6.07, 6.45) is 1.08. The zero-order valence-electron chi connectivity index (χ0n) is 17.3. The zero-order chi connectivity index (χ0) is 21.1. The lowest BCUT2D eigenvalue weighted by molar-refractivity contribution is 0.102. The number of ether oxygens (including phenoxy) is 1. The molecule has 1 atom stereocenters. The van der Waals surface area contributed by atoms with Crippen LogP contribution in [0.25, 0.3) is 22.6 Å². The molecule has 4 rings (SSSR count). The molecule has 5 heteroatoms. The molecule has 4 aromatic rings. The van der Waals surface area contributed by atoms with Gasteiger partial charge in [-0.1, -0.05) is 26.0 Å².